The van der Waals surface area contributed by atoms with Crippen molar-refractivity contribution in [2.75, 3.05) is 7.05 Å². The molecule has 16 heavy (non-hydrogen) atoms. The van der Waals surface area contributed by atoms with Gasteiger partial charge in [-0.1, -0.05) is 30.3 Å². The van der Waals surface area contributed by atoms with E-state index in [-0.39, 0.29) is 5.78 Å². The van der Waals surface area contributed by atoms with E-state index in [2.05, 4.69) is 10.6 Å². The summed E-state index contributed by atoms with van der Waals surface area (Å²) in [6, 6.07) is 9.72. The smallest absolute Gasteiger partial charge is 0.212 e. The standard InChI is InChI=1S/C11H14N4O/c1-15-11(12)10(16)9(13-14-15)7-8-5-3-2-4-6-8/h2-6,11,14H,7,12H2,1H3. The van der Waals surface area contributed by atoms with Gasteiger partial charge in [0, 0.05) is 13.5 Å². The molecule has 0 amide bonds. The molecular weight excluding hydrogens is 204 g/mol. The normalized spacial score (nSPS) is 21.5. The van der Waals surface area contributed by atoms with Crippen molar-refractivity contribution in [2.24, 2.45) is 10.8 Å². The summed E-state index contributed by atoms with van der Waals surface area (Å²) in [5.41, 5.74) is 9.93. The summed E-state index contributed by atoms with van der Waals surface area (Å²) in [6.45, 7) is 0. The molecule has 0 spiro atoms. The molecule has 3 N–H and O–H groups in total. The number of hydrazone groups is 1. The second-order valence-corrected chi connectivity index (χ2v) is 3.74. The van der Waals surface area contributed by atoms with Gasteiger partial charge in [-0.05, 0) is 5.56 Å². The summed E-state index contributed by atoms with van der Waals surface area (Å²) in [5, 5.41) is 5.48. The zero-order valence-corrected chi connectivity index (χ0v) is 9.05. The van der Waals surface area contributed by atoms with E-state index in [4.69, 9.17) is 5.73 Å². The number of nitrogens with one attached hydrogen (secondary N) is 1. The Kier molecular flexibility index (Phi) is 2.98. The third-order valence-electron chi connectivity index (χ3n) is 2.53. The lowest BCUT2D eigenvalue weighted by Crippen LogP contribution is -2.57. The molecule has 1 unspecified atom stereocenters. The molecule has 0 aliphatic carbocycles. The van der Waals surface area contributed by atoms with Crippen LogP contribution in [0.4, 0.5) is 0 Å². The molecule has 0 aromatic heterocycles. The molecule has 0 bridgehead atoms. The van der Waals surface area contributed by atoms with Crippen LogP contribution in [0.1, 0.15) is 5.56 Å². The van der Waals surface area contributed by atoms with E-state index >= 15 is 0 Å². The number of carbonyl (C=O) groups excluding carboxylic acids is 1. The number of hydrazine groups is 1. The number of nitrogens with zero attached hydrogens (tertiary/aromatic N) is 2. The molecule has 84 valence electrons. The van der Waals surface area contributed by atoms with Crippen LogP contribution in [0.2, 0.25) is 0 Å². The van der Waals surface area contributed by atoms with Gasteiger partial charge in [-0.3, -0.25) is 4.79 Å². The summed E-state index contributed by atoms with van der Waals surface area (Å²) in [4.78, 5) is 11.8. The fraction of sp³-hybridized carbons (Fsp3) is 0.273. The van der Waals surface area contributed by atoms with Crippen molar-refractivity contribution >= 4 is 11.5 Å². The predicted octanol–water partition coefficient (Wildman–Crippen LogP) is -0.111. The molecule has 1 atom stereocenters. The van der Waals surface area contributed by atoms with Gasteiger partial charge in [0.05, 0.1) is 0 Å². The van der Waals surface area contributed by atoms with E-state index in [1.165, 1.54) is 5.01 Å². The average Bonchev–Trinajstić information content (AvgIpc) is 2.31. The van der Waals surface area contributed by atoms with Crippen LogP contribution in [0.3, 0.4) is 0 Å². The van der Waals surface area contributed by atoms with E-state index in [0.29, 0.717) is 12.1 Å². The molecule has 2 rings (SSSR count). The minimum Gasteiger partial charge on any atom is -0.308 e. The van der Waals surface area contributed by atoms with Gasteiger partial charge in [-0.25, -0.2) is 5.53 Å². The number of nitrogens with two attached hydrogens (primary N) is 1. The summed E-state index contributed by atoms with van der Waals surface area (Å²) in [7, 11) is 1.69. The second kappa shape index (κ2) is 4.42. The number of likely N-dealkylation sites (N-methyl/N-ethyl adjacent to an activating group) is 1. The number of benzene rings is 1. The monoisotopic (exact) mass is 218 g/mol. The van der Waals surface area contributed by atoms with Crippen LogP contribution in [-0.2, 0) is 11.2 Å². The summed E-state index contributed by atoms with van der Waals surface area (Å²) in [5.74, 6) is -0.134. The molecule has 1 aromatic rings. The molecule has 0 saturated heterocycles. The Labute approximate surface area is 93.9 Å². The quantitative estimate of drug-likeness (QED) is 0.726. The molecule has 1 aliphatic heterocycles. The largest absolute Gasteiger partial charge is 0.308 e. The van der Waals surface area contributed by atoms with Crippen molar-refractivity contribution in [2.45, 2.75) is 12.6 Å². The van der Waals surface area contributed by atoms with Gasteiger partial charge in [-0.2, -0.15) is 10.1 Å². The van der Waals surface area contributed by atoms with Gasteiger partial charge in [-0.15, -0.1) is 0 Å². The second-order valence-electron chi connectivity index (χ2n) is 3.74. The van der Waals surface area contributed by atoms with E-state index < -0.39 is 6.17 Å². The Balaban J connectivity index is 2.14. The predicted molar refractivity (Wildman–Crippen MR) is 61.5 cm³/mol. The van der Waals surface area contributed by atoms with Crippen molar-refractivity contribution in [3.63, 3.8) is 0 Å². The van der Waals surface area contributed by atoms with Crippen molar-refractivity contribution in [3.05, 3.63) is 35.9 Å². The van der Waals surface area contributed by atoms with Gasteiger partial charge >= 0.3 is 0 Å². The zero-order valence-electron chi connectivity index (χ0n) is 9.05. The summed E-state index contributed by atoms with van der Waals surface area (Å²) in [6.07, 6.45) is -0.148. The van der Waals surface area contributed by atoms with Crippen LogP contribution in [-0.4, -0.2) is 29.7 Å². The first-order valence-corrected chi connectivity index (χ1v) is 5.07. The highest BCUT2D eigenvalue weighted by molar-refractivity contribution is 6.42. The molecule has 0 fully saturated rings. The lowest BCUT2D eigenvalue weighted by Gasteiger charge is -2.27. The number of hydrogen-bond acceptors (Lipinski definition) is 5. The summed E-state index contributed by atoms with van der Waals surface area (Å²) < 4.78 is 0. The summed E-state index contributed by atoms with van der Waals surface area (Å²) >= 11 is 0. The highest BCUT2D eigenvalue weighted by atomic mass is 16.1. The van der Waals surface area contributed by atoms with Crippen molar-refractivity contribution in [1.29, 1.82) is 0 Å². The third kappa shape index (κ3) is 2.10. The van der Waals surface area contributed by atoms with Crippen molar-refractivity contribution in [3.8, 4) is 0 Å². The maximum Gasteiger partial charge on any atom is 0.212 e. The molecule has 0 radical (unpaired) electrons. The first kappa shape index (κ1) is 10.8. The molecular formula is C11H14N4O. The lowest BCUT2D eigenvalue weighted by atomic mass is 10.0. The number of rotatable bonds is 2. The van der Waals surface area contributed by atoms with Crippen LogP contribution >= 0.6 is 0 Å². The Morgan fingerprint density at radius 1 is 1.44 bits per heavy atom. The highest BCUT2D eigenvalue weighted by Crippen LogP contribution is 2.05. The molecule has 1 heterocycles. The first-order valence-electron chi connectivity index (χ1n) is 5.07. The van der Waals surface area contributed by atoms with Gasteiger partial charge in [0.2, 0.25) is 5.78 Å². The minimum atomic E-state index is -0.656. The van der Waals surface area contributed by atoms with Crippen LogP contribution in [0, 0.1) is 0 Å². The van der Waals surface area contributed by atoms with Gasteiger partial charge in [0.25, 0.3) is 0 Å². The maximum atomic E-state index is 11.8. The number of carbonyl (C=O) groups is 1. The molecule has 1 aromatic carbocycles. The van der Waals surface area contributed by atoms with Gasteiger partial charge in [0.1, 0.15) is 11.9 Å². The van der Waals surface area contributed by atoms with Crippen molar-refractivity contribution < 1.29 is 4.79 Å². The first-order chi connectivity index (χ1) is 7.68. The van der Waals surface area contributed by atoms with Crippen LogP contribution in [0.5, 0.6) is 0 Å². The van der Waals surface area contributed by atoms with E-state index in [1.54, 1.807) is 7.05 Å². The number of Topliss-reactive ketones (excluding diaryl/α,β-unsaturated/α-hetero) is 1. The van der Waals surface area contributed by atoms with Crippen molar-refractivity contribution in [1.82, 2.24) is 10.5 Å². The van der Waals surface area contributed by atoms with Crippen LogP contribution < -0.4 is 11.3 Å². The topological polar surface area (TPSA) is 70.7 Å². The Morgan fingerprint density at radius 2 is 2.12 bits per heavy atom. The third-order valence-corrected chi connectivity index (χ3v) is 2.53. The van der Waals surface area contributed by atoms with E-state index in [1.807, 2.05) is 30.3 Å². The maximum absolute atomic E-state index is 11.8. The Hall–Kier alpha value is -1.72. The van der Waals surface area contributed by atoms with Gasteiger partial charge < -0.3 is 5.73 Å². The minimum absolute atomic E-state index is 0.134. The molecule has 5 heteroatoms. The molecule has 0 saturated carbocycles. The Bertz CT molecular complexity index is 415. The van der Waals surface area contributed by atoms with Gasteiger partial charge in [0.15, 0.2) is 0 Å². The fourth-order valence-corrected chi connectivity index (χ4v) is 1.52. The van der Waals surface area contributed by atoms with Crippen LogP contribution in [0.25, 0.3) is 0 Å². The van der Waals surface area contributed by atoms with E-state index in [9.17, 15) is 4.79 Å². The Morgan fingerprint density at radius 3 is 2.81 bits per heavy atom. The fourth-order valence-electron chi connectivity index (χ4n) is 1.52. The zero-order chi connectivity index (χ0) is 11.5. The number of hydrogen-bond donors (Lipinski definition) is 2. The van der Waals surface area contributed by atoms with E-state index in [0.717, 1.165) is 5.56 Å². The SMILES string of the molecule is CN1NN=C(Cc2ccccc2)C(=O)C1N. The number of ketones is 1. The highest BCUT2D eigenvalue weighted by Gasteiger charge is 2.27. The molecule has 1 aliphatic rings. The van der Waals surface area contributed by atoms with Crippen LogP contribution in [0.15, 0.2) is 35.4 Å². The lowest BCUT2D eigenvalue weighted by molar-refractivity contribution is -0.119. The molecule has 5 nitrogen and oxygen atoms in total. The average molecular weight is 218 g/mol.